The molecule has 1 N–H and O–H groups in total. The summed E-state index contributed by atoms with van der Waals surface area (Å²) in [6.07, 6.45) is 4.46. The van der Waals surface area contributed by atoms with Gasteiger partial charge in [-0.05, 0) is 33.0 Å². The SMILES string of the molecule is CN(C)CCOCc1cc(CNC2CC2)co1. The van der Waals surface area contributed by atoms with Crippen molar-refractivity contribution in [2.75, 3.05) is 27.2 Å². The molecule has 1 heterocycles. The van der Waals surface area contributed by atoms with E-state index in [9.17, 15) is 0 Å². The third-order valence-electron chi connectivity index (χ3n) is 2.81. The Hall–Kier alpha value is -0.840. The van der Waals surface area contributed by atoms with Crippen LogP contribution in [0.1, 0.15) is 24.2 Å². The van der Waals surface area contributed by atoms with Gasteiger partial charge in [0.25, 0.3) is 0 Å². The number of ether oxygens (including phenoxy) is 1. The van der Waals surface area contributed by atoms with E-state index in [1.165, 1.54) is 18.4 Å². The van der Waals surface area contributed by atoms with E-state index in [1.807, 2.05) is 20.4 Å². The van der Waals surface area contributed by atoms with Crippen LogP contribution >= 0.6 is 0 Å². The molecule has 0 aliphatic heterocycles. The molecule has 0 amide bonds. The number of furan rings is 1. The largest absolute Gasteiger partial charge is 0.467 e. The molecule has 1 aromatic rings. The van der Waals surface area contributed by atoms with Gasteiger partial charge in [0.1, 0.15) is 12.4 Å². The summed E-state index contributed by atoms with van der Waals surface area (Å²) in [5, 5.41) is 3.46. The molecule has 1 aliphatic carbocycles. The molecule has 0 unspecified atom stereocenters. The highest BCUT2D eigenvalue weighted by atomic mass is 16.5. The molecular formula is C13H22N2O2. The van der Waals surface area contributed by atoms with E-state index in [-0.39, 0.29) is 0 Å². The first-order valence-corrected chi connectivity index (χ1v) is 6.26. The van der Waals surface area contributed by atoms with Crippen molar-refractivity contribution < 1.29 is 9.15 Å². The molecule has 1 aliphatic rings. The van der Waals surface area contributed by atoms with Gasteiger partial charge in [-0.25, -0.2) is 0 Å². The van der Waals surface area contributed by atoms with Crippen LogP contribution in [0.25, 0.3) is 0 Å². The van der Waals surface area contributed by atoms with Crippen LogP contribution in [0.5, 0.6) is 0 Å². The minimum Gasteiger partial charge on any atom is -0.467 e. The molecule has 1 aromatic heterocycles. The summed E-state index contributed by atoms with van der Waals surface area (Å²) >= 11 is 0. The zero-order valence-corrected chi connectivity index (χ0v) is 10.7. The smallest absolute Gasteiger partial charge is 0.129 e. The standard InChI is InChI=1S/C13H22N2O2/c1-15(2)5-6-16-10-13-7-11(9-17-13)8-14-12-3-4-12/h7,9,12,14H,3-6,8,10H2,1-2H3. The van der Waals surface area contributed by atoms with Crippen LogP contribution in [0, 0.1) is 0 Å². The molecule has 0 saturated heterocycles. The Kier molecular flexibility index (Phi) is 4.59. The fourth-order valence-electron chi connectivity index (χ4n) is 1.56. The lowest BCUT2D eigenvalue weighted by molar-refractivity contribution is 0.0926. The fraction of sp³-hybridized carbons (Fsp3) is 0.692. The lowest BCUT2D eigenvalue weighted by Gasteiger charge is -2.08. The molecule has 0 atom stereocenters. The maximum atomic E-state index is 5.53. The number of likely N-dealkylation sites (N-methyl/N-ethyl adjacent to an activating group) is 1. The van der Waals surface area contributed by atoms with Crippen LogP contribution in [0.15, 0.2) is 16.7 Å². The van der Waals surface area contributed by atoms with Crippen LogP contribution in [-0.4, -0.2) is 38.2 Å². The van der Waals surface area contributed by atoms with E-state index in [4.69, 9.17) is 9.15 Å². The molecule has 0 spiro atoms. The second kappa shape index (κ2) is 6.19. The van der Waals surface area contributed by atoms with Gasteiger partial charge in [0.2, 0.25) is 0 Å². The normalized spacial score (nSPS) is 15.7. The minimum absolute atomic E-state index is 0.567. The first-order chi connectivity index (χ1) is 8.24. The lowest BCUT2D eigenvalue weighted by atomic mass is 10.3. The van der Waals surface area contributed by atoms with Crippen molar-refractivity contribution in [2.45, 2.75) is 32.0 Å². The predicted molar refractivity (Wildman–Crippen MR) is 66.8 cm³/mol. The Labute approximate surface area is 103 Å². The van der Waals surface area contributed by atoms with E-state index in [2.05, 4.69) is 16.3 Å². The van der Waals surface area contributed by atoms with Gasteiger partial charge >= 0.3 is 0 Å². The van der Waals surface area contributed by atoms with Crippen molar-refractivity contribution in [3.8, 4) is 0 Å². The lowest BCUT2D eigenvalue weighted by Crippen LogP contribution is -2.17. The quantitative estimate of drug-likeness (QED) is 0.698. The van der Waals surface area contributed by atoms with Crippen molar-refractivity contribution in [1.82, 2.24) is 10.2 Å². The number of nitrogens with zero attached hydrogens (tertiary/aromatic N) is 1. The Bertz CT molecular complexity index is 332. The minimum atomic E-state index is 0.567. The summed E-state index contributed by atoms with van der Waals surface area (Å²) in [6.45, 7) is 3.16. The van der Waals surface area contributed by atoms with Crippen LogP contribution < -0.4 is 5.32 Å². The number of rotatable bonds is 8. The molecule has 1 saturated carbocycles. The van der Waals surface area contributed by atoms with Crippen molar-refractivity contribution in [2.24, 2.45) is 0 Å². The topological polar surface area (TPSA) is 37.6 Å². The second-order valence-corrected chi connectivity index (χ2v) is 4.93. The van der Waals surface area contributed by atoms with E-state index in [1.54, 1.807) is 0 Å². The Morgan fingerprint density at radius 2 is 2.29 bits per heavy atom. The maximum Gasteiger partial charge on any atom is 0.129 e. The van der Waals surface area contributed by atoms with Crippen molar-refractivity contribution in [3.05, 3.63) is 23.7 Å². The van der Waals surface area contributed by atoms with Crippen molar-refractivity contribution in [3.63, 3.8) is 0 Å². The zero-order chi connectivity index (χ0) is 12.1. The van der Waals surface area contributed by atoms with Crippen LogP contribution in [0.2, 0.25) is 0 Å². The molecular weight excluding hydrogens is 216 g/mol. The van der Waals surface area contributed by atoms with Crippen LogP contribution in [0.3, 0.4) is 0 Å². The average Bonchev–Trinajstić information content (AvgIpc) is 3.01. The van der Waals surface area contributed by atoms with E-state index < -0.39 is 0 Å². The van der Waals surface area contributed by atoms with Gasteiger partial charge in [-0.1, -0.05) is 0 Å². The number of hydrogen-bond donors (Lipinski definition) is 1. The first kappa shape index (κ1) is 12.6. The summed E-state index contributed by atoms with van der Waals surface area (Å²) in [7, 11) is 4.08. The van der Waals surface area contributed by atoms with Gasteiger partial charge in [-0.2, -0.15) is 0 Å². The molecule has 0 radical (unpaired) electrons. The monoisotopic (exact) mass is 238 g/mol. The molecule has 4 heteroatoms. The Morgan fingerprint density at radius 1 is 1.47 bits per heavy atom. The summed E-state index contributed by atoms with van der Waals surface area (Å²) in [5.41, 5.74) is 1.21. The highest BCUT2D eigenvalue weighted by Gasteiger charge is 2.20. The fourth-order valence-corrected chi connectivity index (χ4v) is 1.56. The van der Waals surface area contributed by atoms with E-state index >= 15 is 0 Å². The van der Waals surface area contributed by atoms with Gasteiger partial charge in [0.15, 0.2) is 0 Å². The summed E-state index contributed by atoms with van der Waals surface area (Å²) < 4.78 is 11.0. The van der Waals surface area contributed by atoms with E-state index in [0.717, 1.165) is 31.5 Å². The van der Waals surface area contributed by atoms with E-state index in [0.29, 0.717) is 6.61 Å². The third-order valence-corrected chi connectivity index (χ3v) is 2.81. The zero-order valence-electron chi connectivity index (χ0n) is 10.7. The van der Waals surface area contributed by atoms with Crippen molar-refractivity contribution >= 4 is 0 Å². The van der Waals surface area contributed by atoms with Crippen LogP contribution in [-0.2, 0) is 17.9 Å². The van der Waals surface area contributed by atoms with Gasteiger partial charge in [0, 0.05) is 24.7 Å². The summed E-state index contributed by atoms with van der Waals surface area (Å²) in [6, 6.07) is 2.81. The molecule has 17 heavy (non-hydrogen) atoms. The van der Waals surface area contributed by atoms with Gasteiger partial charge in [0.05, 0.1) is 12.9 Å². The second-order valence-electron chi connectivity index (χ2n) is 4.93. The highest BCUT2D eigenvalue weighted by molar-refractivity contribution is 5.12. The molecule has 4 nitrogen and oxygen atoms in total. The maximum absolute atomic E-state index is 5.53. The summed E-state index contributed by atoms with van der Waals surface area (Å²) in [4.78, 5) is 2.10. The molecule has 96 valence electrons. The molecule has 0 bridgehead atoms. The van der Waals surface area contributed by atoms with Gasteiger partial charge in [-0.15, -0.1) is 0 Å². The number of hydrogen-bond acceptors (Lipinski definition) is 4. The van der Waals surface area contributed by atoms with Crippen LogP contribution in [0.4, 0.5) is 0 Å². The number of nitrogens with one attached hydrogen (secondary N) is 1. The van der Waals surface area contributed by atoms with Crippen molar-refractivity contribution in [1.29, 1.82) is 0 Å². The molecule has 2 rings (SSSR count). The van der Waals surface area contributed by atoms with Gasteiger partial charge < -0.3 is 19.4 Å². The first-order valence-electron chi connectivity index (χ1n) is 6.26. The predicted octanol–water partition coefficient (Wildman–Crippen LogP) is 1.61. The highest BCUT2D eigenvalue weighted by Crippen LogP contribution is 2.19. The van der Waals surface area contributed by atoms with Gasteiger partial charge in [-0.3, -0.25) is 0 Å². The molecule has 1 fully saturated rings. The summed E-state index contributed by atoms with van der Waals surface area (Å²) in [5.74, 6) is 0.913. The molecule has 0 aromatic carbocycles. The third kappa shape index (κ3) is 4.89. The Balaban J connectivity index is 1.62. The average molecular weight is 238 g/mol. The Morgan fingerprint density at radius 3 is 3.00 bits per heavy atom.